The Morgan fingerprint density at radius 3 is 2.58 bits per heavy atom. The number of aromatic nitrogens is 2. The van der Waals surface area contributed by atoms with Gasteiger partial charge in [-0.05, 0) is 32.0 Å². The summed E-state index contributed by atoms with van der Waals surface area (Å²) in [5.41, 5.74) is 0.829. The minimum atomic E-state index is -3.91. The van der Waals surface area contributed by atoms with Crippen molar-refractivity contribution in [3.05, 3.63) is 24.4 Å². The van der Waals surface area contributed by atoms with Crippen LogP contribution in [-0.4, -0.2) is 48.0 Å². The number of sulfonamides is 1. The van der Waals surface area contributed by atoms with Crippen LogP contribution in [-0.2, 0) is 19.6 Å². The van der Waals surface area contributed by atoms with Gasteiger partial charge in [-0.25, -0.2) is 8.42 Å². The Labute approximate surface area is 139 Å². The van der Waals surface area contributed by atoms with Gasteiger partial charge in [0.2, 0.25) is 21.8 Å². The molecule has 0 bridgehead atoms. The van der Waals surface area contributed by atoms with Crippen molar-refractivity contribution in [1.82, 2.24) is 19.4 Å². The quantitative estimate of drug-likeness (QED) is 0.816. The first-order valence-electron chi connectivity index (χ1n) is 7.50. The third-order valence-electron chi connectivity index (χ3n) is 4.05. The maximum absolute atomic E-state index is 12.5. The summed E-state index contributed by atoms with van der Waals surface area (Å²) in [5.74, 6) is -0.946. The standard InChI is InChI=1S/C15H18N4O4S/c1-9(2)19-13-5-4-11(6-10(13)8-16-19)24(22,23)17-12-7-14(20)18(3)15(12)21/h4-6,8-9,12,17H,7H2,1-3H3. The Bertz CT molecular complexity index is 932. The first-order chi connectivity index (χ1) is 11.2. The van der Waals surface area contributed by atoms with Crippen molar-refractivity contribution in [1.29, 1.82) is 0 Å². The molecule has 1 unspecified atom stereocenters. The number of likely N-dealkylation sites (N-methyl/N-ethyl adjacent to an activating group) is 1. The molecule has 1 fully saturated rings. The number of fused-ring (bicyclic) bond motifs is 1. The van der Waals surface area contributed by atoms with Crippen LogP contribution in [0.15, 0.2) is 29.3 Å². The molecule has 2 heterocycles. The van der Waals surface area contributed by atoms with Crippen LogP contribution in [0.5, 0.6) is 0 Å². The zero-order valence-corrected chi connectivity index (χ0v) is 14.4. The number of likely N-dealkylation sites (tertiary alicyclic amines) is 1. The molecular weight excluding hydrogens is 332 g/mol. The Morgan fingerprint density at radius 1 is 1.29 bits per heavy atom. The van der Waals surface area contributed by atoms with Crippen LogP contribution in [0.25, 0.3) is 10.9 Å². The number of nitrogens with zero attached hydrogens (tertiary/aromatic N) is 3. The molecule has 1 saturated heterocycles. The average molecular weight is 350 g/mol. The molecule has 1 aromatic heterocycles. The molecule has 0 radical (unpaired) electrons. The lowest BCUT2D eigenvalue weighted by Gasteiger charge is -2.12. The number of imide groups is 1. The first kappa shape index (κ1) is 16.6. The van der Waals surface area contributed by atoms with Crippen LogP contribution in [0.4, 0.5) is 0 Å². The van der Waals surface area contributed by atoms with E-state index in [1.165, 1.54) is 19.2 Å². The SMILES string of the molecule is CC(C)n1ncc2cc(S(=O)(=O)NC3CC(=O)N(C)C3=O)ccc21. The lowest BCUT2D eigenvalue weighted by molar-refractivity contribution is -0.137. The summed E-state index contributed by atoms with van der Waals surface area (Å²) in [5, 5.41) is 4.94. The maximum Gasteiger partial charge on any atom is 0.247 e. The minimum absolute atomic E-state index is 0.0353. The van der Waals surface area contributed by atoms with Gasteiger partial charge in [0.05, 0.1) is 23.0 Å². The molecule has 1 aliphatic heterocycles. The van der Waals surface area contributed by atoms with E-state index in [2.05, 4.69) is 9.82 Å². The normalized spacial score (nSPS) is 19.0. The molecule has 2 aromatic rings. The average Bonchev–Trinajstić information content (AvgIpc) is 3.04. The van der Waals surface area contributed by atoms with E-state index >= 15 is 0 Å². The van der Waals surface area contributed by atoms with Crippen LogP contribution in [0.1, 0.15) is 26.3 Å². The van der Waals surface area contributed by atoms with Gasteiger partial charge in [0.15, 0.2) is 0 Å². The number of hydrogen-bond donors (Lipinski definition) is 1. The van der Waals surface area contributed by atoms with Crippen LogP contribution < -0.4 is 4.72 Å². The molecule has 1 aliphatic rings. The van der Waals surface area contributed by atoms with Crippen molar-refractivity contribution in [2.45, 2.75) is 37.2 Å². The Hall–Kier alpha value is -2.26. The second-order valence-corrected chi connectivity index (χ2v) is 7.79. The monoisotopic (exact) mass is 350 g/mol. The van der Waals surface area contributed by atoms with Crippen LogP contribution in [0.3, 0.4) is 0 Å². The number of carbonyl (C=O) groups excluding carboxylic acids is 2. The number of rotatable bonds is 4. The van der Waals surface area contributed by atoms with Gasteiger partial charge < -0.3 is 0 Å². The minimum Gasteiger partial charge on any atom is -0.284 e. The summed E-state index contributed by atoms with van der Waals surface area (Å²) in [7, 11) is -2.57. The van der Waals surface area contributed by atoms with E-state index in [1.807, 2.05) is 13.8 Å². The van der Waals surface area contributed by atoms with Crippen molar-refractivity contribution in [2.24, 2.45) is 0 Å². The van der Waals surface area contributed by atoms with Gasteiger partial charge >= 0.3 is 0 Å². The molecule has 0 saturated carbocycles. The molecule has 1 N–H and O–H groups in total. The van der Waals surface area contributed by atoms with E-state index in [4.69, 9.17) is 0 Å². The topological polar surface area (TPSA) is 101 Å². The molecule has 1 atom stereocenters. The lowest BCUT2D eigenvalue weighted by atomic mass is 10.2. The highest BCUT2D eigenvalue weighted by atomic mass is 32.2. The molecule has 128 valence electrons. The van der Waals surface area contributed by atoms with Gasteiger partial charge in [0.25, 0.3) is 0 Å². The molecule has 2 amide bonds. The zero-order valence-electron chi connectivity index (χ0n) is 13.6. The van der Waals surface area contributed by atoms with Crippen LogP contribution >= 0.6 is 0 Å². The van der Waals surface area contributed by atoms with Gasteiger partial charge in [0, 0.05) is 18.5 Å². The number of nitrogens with one attached hydrogen (secondary N) is 1. The molecule has 8 nitrogen and oxygen atoms in total. The molecule has 3 rings (SSSR count). The highest BCUT2D eigenvalue weighted by Gasteiger charge is 2.38. The van der Waals surface area contributed by atoms with E-state index in [1.54, 1.807) is 16.9 Å². The summed E-state index contributed by atoms with van der Waals surface area (Å²) < 4.78 is 29.1. The van der Waals surface area contributed by atoms with Gasteiger partial charge in [0.1, 0.15) is 6.04 Å². The molecule has 1 aromatic carbocycles. The molecule has 0 spiro atoms. The summed E-state index contributed by atoms with van der Waals surface area (Å²) >= 11 is 0. The summed E-state index contributed by atoms with van der Waals surface area (Å²) in [6.45, 7) is 3.97. The van der Waals surface area contributed by atoms with E-state index in [0.29, 0.717) is 5.39 Å². The fraction of sp³-hybridized carbons (Fsp3) is 0.400. The first-order valence-corrected chi connectivity index (χ1v) is 8.99. The van der Waals surface area contributed by atoms with Crippen molar-refractivity contribution >= 4 is 32.7 Å². The fourth-order valence-corrected chi connectivity index (χ4v) is 3.94. The smallest absolute Gasteiger partial charge is 0.247 e. The Morgan fingerprint density at radius 2 is 2.00 bits per heavy atom. The van der Waals surface area contributed by atoms with E-state index in [0.717, 1.165) is 10.4 Å². The number of amides is 2. The van der Waals surface area contributed by atoms with E-state index in [9.17, 15) is 18.0 Å². The summed E-state index contributed by atoms with van der Waals surface area (Å²) in [4.78, 5) is 24.4. The molecule has 9 heteroatoms. The maximum atomic E-state index is 12.5. The van der Waals surface area contributed by atoms with Gasteiger partial charge in [-0.1, -0.05) is 0 Å². The van der Waals surface area contributed by atoms with Crippen molar-refractivity contribution < 1.29 is 18.0 Å². The Kier molecular flexibility index (Phi) is 3.92. The summed E-state index contributed by atoms with van der Waals surface area (Å²) in [6.07, 6.45) is 1.44. The summed E-state index contributed by atoms with van der Waals surface area (Å²) in [6, 6.07) is 3.76. The molecule has 24 heavy (non-hydrogen) atoms. The third-order valence-corrected chi connectivity index (χ3v) is 5.51. The lowest BCUT2D eigenvalue weighted by Crippen LogP contribution is -2.40. The predicted molar refractivity (Wildman–Crippen MR) is 86.6 cm³/mol. The zero-order chi connectivity index (χ0) is 17.6. The van der Waals surface area contributed by atoms with E-state index in [-0.39, 0.29) is 17.4 Å². The van der Waals surface area contributed by atoms with Crippen molar-refractivity contribution in [3.8, 4) is 0 Å². The fourth-order valence-electron chi connectivity index (χ4n) is 2.71. The number of carbonyl (C=O) groups is 2. The van der Waals surface area contributed by atoms with Crippen molar-refractivity contribution in [3.63, 3.8) is 0 Å². The highest BCUT2D eigenvalue weighted by Crippen LogP contribution is 2.22. The predicted octanol–water partition coefficient (Wildman–Crippen LogP) is 0.653. The van der Waals surface area contributed by atoms with Crippen LogP contribution in [0.2, 0.25) is 0 Å². The highest BCUT2D eigenvalue weighted by molar-refractivity contribution is 7.89. The molecular formula is C15H18N4O4S. The number of benzene rings is 1. The van der Waals surface area contributed by atoms with E-state index < -0.39 is 27.9 Å². The second kappa shape index (κ2) is 5.67. The van der Waals surface area contributed by atoms with Gasteiger partial charge in [-0.2, -0.15) is 9.82 Å². The Balaban J connectivity index is 1.91. The van der Waals surface area contributed by atoms with Crippen LogP contribution in [0, 0.1) is 0 Å². The third kappa shape index (κ3) is 2.69. The van der Waals surface area contributed by atoms with Gasteiger partial charge in [-0.3, -0.25) is 19.2 Å². The second-order valence-electron chi connectivity index (χ2n) is 6.07. The largest absolute Gasteiger partial charge is 0.284 e. The number of hydrogen-bond acceptors (Lipinski definition) is 5. The van der Waals surface area contributed by atoms with Gasteiger partial charge in [-0.15, -0.1) is 0 Å². The van der Waals surface area contributed by atoms with Crippen molar-refractivity contribution in [2.75, 3.05) is 7.05 Å². The molecule has 0 aliphatic carbocycles.